The van der Waals surface area contributed by atoms with Crippen molar-refractivity contribution < 1.29 is 9.84 Å². The van der Waals surface area contributed by atoms with Crippen LogP contribution in [-0.4, -0.2) is 23.3 Å². The van der Waals surface area contributed by atoms with Crippen LogP contribution in [0, 0.1) is 12.8 Å². The van der Waals surface area contributed by atoms with Crippen molar-refractivity contribution in [2.24, 2.45) is 5.92 Å². The predicted molar refractivity (Wildman–Crippen MR) is 55.4 cm³/mol. The first-order chi connectivity index (χ1) is 6.77. The molecule has 4 heteroatoms. The maximum Gasteiger partial charge on any atom is 0.102 e. The Morgan fingerprint density at radius 2 is 2.57 bits per heavy atom. The Hall–Kier alpha value is -0.450. The average Bonchev–Trinajstić information content (AvgIpc) is 2.65. The summed E-state index contributed by atoms with van der Waals surface area (Å²) in [6.07, 6.45) is 1.64. The summed E-state index contributed by atoms with van der Waals surface area (Å²) in [4.78, 5) is 4.30. The molecule has 0 spiro atoms. The van der Waals surface area contributed by atoms with Gasteiger partial charge < -0.3 is 9.84 Å². The summed E-state index contributed by atoms with van der Waals surface area (Å²) in [5.74, 6) is 0.227. The SMILES string of the molecule is Cc1nc(C(O)C2CCCOC2)cs1. The Morgan fingerprint density at radius 1 is 1.71 bits per heavy atom. The molecule has 0 saturated carbocycles. The van der Waals surface area contributed by atoms with Gasteiger partial charge in [0.05, 0.1) is 17.3 Å². The van der Waals surface area contributed by atoms with E-state index in [0.717, 1.165) is 30.2 Å². The van der Waals surface area contributed by atoms with Crippen molar-refractivity contribution in [3.05, 3.63) is 16.1 Å². The molecule has 1 aromatic heterocycles. The van der Waals surface area contributed by atoms with Crippen molar-refractivity contribution in [1.82, 2.24) is 4.98 Å². The molecule has 1 N–H and O–H groups in total. The van der Waals surface area contributed by atoms with Crippen LogP contribution in [-0.2, 0) is 4.74 Å². The van der Waals surface area contributed by atoms with Crippen LogP contribution >= 0.6 is 11.3 Å². The molecule has 0 amide bonds. The maximum atomic E-state index is 10.0. The van der Waals surface area contributed by atoms with Crippen LogP contribution in [0.25, 0.3) is 0 Å². The van der Waals surface area contributed by atoms with E-state index >= 15 is 0 Å². The minimum Gasteiger partial charge on any atom is -0.386 e. The highest BCUT2D eigenvalue weighted by Gasteiger charge is 2.25. The summed E-state index contributed by atoms with van der Waals surface area (Å²) in [5, 5.41) is 13.0. The minimum absolute atomic E-state index is 0.227. The third kappa shape index (κ3) is 2.13. The fourth-order valence-electron chi connectivity index (χ4n) is 1.77. The molecular formula is C10H15NO2S. The largest absolute Gasteiger partial charge is 0.386 e. The lowest BCUT2D eigenvalue weighted by Gasteiger charge is -2.25. The number of rotatable bonds is 2. The van der Waals surface area contributed by atoms with Crippen LogP contribution < -0.4 is 0 Å². The zero-order valence-corrected chi connectivity index (χ0v) is 9.09. The van der Waals surface area contributed by atoms with Gasteiger partial charge in [0.25, 0.3) is 0 Å². The van der Waals surface area contributed by atoms with E-state index in [1.54, 1.807) is 11.3 Å². The molecule has 0 aromatic carbocycles. The number of aromatic nitrogens is 1. The van der Waals surface area contributed by atoms with Gasteiger partial charge in [-0.1, -0.05) is 0 Å². The number of hydrogen-bond donors (Lipinski definition) is 1. The number of aryl methyl sites for hydroxylation is 1. The fraction of sp³-hybridized carbons (Fsp3) is 0.700. The molecular weight excluding hydrogens is 198 g/mol. The van der Waals surface area contributed by atoms with Crippen molar-refractivity contribution in [2.45, 2.75) is 25.9 Å². The van der Waals surface area contributed by atoms with E-state index in [9.17, 15) is 5.11 Å². The first-order valence-electron chi connectivity index (χ1n) is 4.95. The van der Waals surface area contributed by atoms with Gasteiger partial charge in [-0.2, -0.15) is 0 Å². The van der Waals surface area contributed by atoms with Gasteiger partial charge in [0.2, 0.25) is 0 Å². The predicted octanol–water partition coefficient (Wildman–Crippen LogP) is 1.91. The molecule has 0 aliphatic carbocycles. The van der Waals surface area contributed by atoms with Crippen molar-refractivity contribution in [1.29, 1.82) is 0 Å². The highest BCUT2D eigenvalue weighted by molar-refractivity contribution is 7.09. The lowest BCUT2D eigenvalue weighted by molar-refractivity contribution is -0.0114. The molecule has 1 saturated heterocycles. The Bertz CT molecular complexity index is 294. The van der Waals surface area contributed by atoms with Gasteiger partial charge in [0, 0.05) is 17.9 Å². The number of ether oxygens (including phenoxy) is 1. The van der Waals surface area contributed by atoms with E-state index in [2.05, 4.69) is 4.98 Å². The van der Waals surface area contributed by atoms with Gasteiger partial charge in [0.15, 0.2) is 0 Å². The van der Waals surface area contributed by atoms with Crippen LogP contribution in [0.15, 0.2) is 5.38 Å². The zero-order chi connectivity index (χ0) is 9.97. The molecule has 0 bridgehead atoms. The monoisotopic (exact) mass is 213 g/mol. The van der Waals surface area contributed by atoms with Crippen LogP contribution in [0.1, 0.15) is 29.6 Å². The topological polar surface area (TPSA) is 42.4 Å². The van der Waals surface area contributed by atoms with E-state index in [4.69, 9.17) is 4.74 Å². The second-order valence-electron chi connectivity index (χ2n) is 3.71. The van der Waals surface area contributed by atoms with Gasteiger partial charge >= 0.3 is 0 Å². The smallest absolute Gasteiger partial charge is 0.102 e. The maximum absolute atomic E-state index is 10.0. The normalized spacial score (nSPS) is 24.9. The summed E-state index contributed by atoms with van der Waals surface area (Å²) in [5.41, 5.74) is 0.808. The Morgan fingerprint density at radius 3 is 3.14 bits per heavy atom. The van der Waals surface area contributed by atoms with Gasteiger partial charge in [-0.3, -0.25) is 0 Å². The summed E-state index contributed by atoms with van der Waals surface area (Å²) in [7, 11) is 0. The molecule has 1 aliphatic heterocycles. The summed E-state index contributed by atoms with van der Waals surface area (Å²) in [6.45, 7) is 3.45. The first-order valence-corrected chi connectivity index (χ1v) is 5.83. The number of hydrogen-bond acceptors (Lipinski definition) is 4. The number of aliphatic hydroxyl groups is 1. The molecule has 14 heavy (non-hydrogen) atoms. The van der Waals surface area contributed by atoms with Crippen molar-refractivity contribution in [2.75, 3.05) is 13.2 Å². The molecule has 1 aliphatic rings. The van der Waals surface area contributed by atoms with Gasteiger partial charge in [-0.25, -0.2) is 4.98 Å². The van der Waals surface area contributed by atoms with Crippen LogP contribution in [0.4, 0.5) is 0 Å². The van der Waals surface area contributed by atoms with Gasteiger partial charge in [-0.15, -0.1) is 11.3 Å². The van der Waals surface area contributed by atoms with Crippen molar-refractivity contribution >= 4 is 11.3 Å². The minimum atomic E-state index is -0.444. The standard InChI is InChI=1S/C10H15NO2S/c1-7-11-9(6-14-7)10(12)8-3-2-4-13-5-8/h6,8,10,12H,2-5H2,1H3. The summed E-state index contributed by atoms with van der Waals surface area (Å²) < 4.78 is 5.35. The van der Waals surface area contributed by atoms with E-state index in [0.29, 0.717) is 6.61 Å². The quantitative estimate of drug-likeness (QED) is 0.816. The molecule has 0 radical (unpaired) electrons. The molecule has 2 atom stereocenters. The number of thiazole rings is 1. The number of nitrogens with zero attached hydrogens (tertiary/aromatic N) is 1. The second kappa shape index (κ2) is 4.38. The number of aliphatic hydroxyl groups excluding tert-OH is 1. The van der Waals surface area contributed by atoms with Crippen LogP contribution in [0.3, 0.4) is 0 Å². The molecule has 2 unspecified atom stereocenters. The summed E-state index contributed by atoms with van der Waals surface area (Å²) in [6, 6.07) is 0. The van der Waals surface area contributed by atoms with Crippen LogP contribution in [0.5, 0.6) is 0 Å². The average molecular weight is 213 g/mol. The third-order valence-electron chi connectivity index (χ3n) is 2.58. The molecule has 1 aromatic rings. The van der Waals surface area contributed by atoms with Crippen LogP contribution in [0.2, 0.25) is 0 Å². The van der Waals surface area contributed by atoms with E-state index in [-0.39, 0.29) is 5.92 Å². The van der Waals surface area contributed by atoms with E-state index < -0.39 is 6.10 Å². The first kappa shape index (κ1) is 10.1. The lowest BCUT2D eigenvalue weighted by atomic mass is 9.94. The van der Waals surface area contributed by atoms with Crippen molar-refractivity contribution in [3.63, 3.8) is 0 Å². The highest BCUT2D eigenvalue weighted by Crippen LogP contribution is 2.29. The highest BCUT2D eigenvalue weighted by atomic mass is 32.1. The van der Waals surface area contributed by atoms with E-state index in [1.807, 2.05) is 12.3 Å². The summed E-state index contributed by atoms with van der Waals surface area (Å²) >= 11 is 1.58. The van der Waals surface area contributed by atoms with Crippen molar-refractivity contribution in [3.8, 4) is 0 Å². The third-order valence-corrected chi connectivity index (χ3v) is 3.37. The Balaban J connectivity index is 2.03. The Labute approximate surface area is 87.7 Å². The second-order valence-corrected chi connectivity index (χ2v) is 4.78. The lowest BCUT2D eigenvalue weighted by Crippen LogP contribution is -2.23. The molecule has 2 rings (SSSR count). The molecule has 78 valence electrons. The van der Waals surface area contributed by atoms with Gasteiger partial charge in [-0.05, 0) is 19.8 Å². The Kier molecular flexibility index (Phi) is 3.15. The molecule has 3 nitrogen and oxygen atoms in total. The molecule has 1 fully saturated rings. The zero-order valence-electron chi connectivity index (χ0n) is 8.27. The van der Waals surface area contributed by atoms with Gasteiger partial charge in [0.1, 0.15) is 6.10 Å². The fourth-order valence-corrected chi connectivity index (χ4v) is 2.41. The van der Waals surface area contributed by atoms with E-state index in [1.165, 1.54) is 0 Å². The molecule has 2 heterocycles.